The number of rotatable bonds is 5. The normalized spacial score (nSPS) is 15.3. The molecular weight excluding hydrogens is 601 g/mol. The maximum atomic E-state index is 12.5. The van der Waals surface area contributed by atoms with Crippen LogP contribution >= 0.6 is 23.2 Å². The molecule has 15 heteroatoms. The van der Waals surface area contributed by atoms with E-state index >= 15 is 0 Å². The lowest BCUT2D eigenvalue weighted by Crippen LogP contribution is -2.58. The molecule has 4 amide bonds. The molecule has 0 bridgehead atoms. The van der Waals surface area contributed by atoms with Gasteiger partial charge < -0.3 is 35.4 Å². The maximum Gasteiger partial charge on any atom is 0.349 e. The summed E-state index contributed by atoms with van der Waals surface area (Å²) in [6, 6.07) is 15.6. The molecule has 3 heterocycles. The zero-order valence-corrected chi connectivity index (χ0v) is 24.6. The molecule has 4 N–H and O–H groups in total. The second-order valence-corrected chi connectivity index (χ2v) is 10.6. The number of carbonyl (C=O) groups is 4. The number of piperidine rings is 1. The second kappa shape index (κ2) is 13.6. The van der Waals surface area contributed by atoms with Crippen molar-refractivity contribution in [3.8, 4) is 0 Å². The van der Waals surface area contributed by atoms with E-state index in [1.165, 1.54) is 16.8 Å². The van der Waals surface area contributed by atoms with Gasteiger partial charge in [0.1, 0.15) is 17.9 Å². The van der Waals surface area contributed by atoms with E-state index in [0.29, 0.717) is 32.6 Å². The third kappa shape index (κ3) is 7.24. The van der Waals surface area contributed by atoms with Gasteiger partial charge in [0.25, 0.3) is 5.91 Å². The fraction of sp³-hybridized carbons (Fsp3) is 0.286. The number of benzene rings is 2. The first-order chi connectivity index (χ1) is 20.5. The van der Waals surface area contributed by atoms with Crippen molar-refractivity contribution in [3.63, 3.8) is 0 Å². The number of urea groups is 1. The van der Waals surface area contributed by atoms with Crippen molar-refractivity contribution < 1.29 is 24.3 Å². The Morgan fingerprint density at radius 2 is 1.65 bits per heavy atom. The molecule has 1 aromatic heterocycles. The molecule has 13 nitrogen and oxygen atoms in total. The third-order valence-corrected chi connectivity index (χ3v) is 7.71. The summed E-state index contributed by atoms with van der Waals surface area (Å²) < 4.78 is 1.29. The van der Waals surface area contributed by atoms with Crippen molar-refractivity contribution in [1.82, 2.24) is 25.1 Å². The number of likely N-dealkylation sites (tertiary alicyclic amines) is 1. The molecule has 5 rings (SSSR count). The summed E-state index contributed by atoms with van der Waals surface area (Å²) in [5.41, 5.74) is 0.00118. The number of carbonyl (C=O) groups excluding carboxylic acids is 3. The van der Waals surface area contributed by atoms with Crippen molar-refractivity contribution in [3.05, 3.63) is 86.9 Å². The maximum absolute atomic E-state index is 12.5. The van der Waals surface area contributed by atoms with E-state index in [2.05, 4.69) is 25.8 Å². The summed E-state index contributed by atoms with van der Waals surface area (Å²) in [5, 5.41) is 16.8. The molecule has 2 aliphatic heterocycles. The summed E-state index contributed by atoms with van der Waals surface area (Å²) in [4.78, 5) is 65.7. The highest BCUT2D eigenvalue weighted by atomic mass is 35.5. The predicted molar refractivity (Wildman–Crippen MR) is 160 cm³/mol. The molecule has 2 aliphatic rings. The summed E-state index contributed by atoms with van der Waals surface area (Å²) >= 11 is 11.8. The fourth-order valence-electron chi connectivity index (χ4n) is 4.80. The Morgan fingerprint density at radius 3 is 2.26 bits per heavy atom. The average molecular weight is 630 g/mol. The predicted octanol–water partition coefficient (Wildman–Crippen LogP) is 2.55. The lowest BCUT2D eigenvalue weighted by Gasteiger charge is -2.43. The topological polar surface area (TPSA) is 166 Å². The van der Waals surface area contributed by atoms with E-state index in [-0.39, 0.29) is 27.3 Å². The summed E-state index contributed by atoms with van der Waals surface area (Å²) in [6.07, 6.45) is 2.52. The highest BCUT2D eigenvalue weighted by Gasteiger charge is 2.50. The molecular formula is C28H29Cl2N7O6. The SMILES string of the molecule is Cn1ccc(NC(=O)c2c(Cl)cccc2Cl)nc1=O.O=C(O)CNC(=O)N1CCC2(CC1)C(=O)NCN2c1ccccc1. The molecule has 43 heavy (non-hydrogen) atoms. The van der Waals surface area contributed by atoms with Crippen molar-refractivity contribution in [2.45, 2.75) is 18.4 Å². The van der Waals surface area contributed by atoms with Gasteiger partial charge >= 0.3 is 17.7 Å². The van der Waals surface area contributed by atoms with Crippen molar-refractivity contribution in [2.75, 3.05) is 36.5 Å². The number of para-hydroxylation sites is 1. The van der Waals surface area contributed by atoms with E-state index in [0.717, 1.165) is 5.69 Å². The Kier molecular flexibility index (Phi) is 9.88. The first-order valence-electron chi connectivity index (χ1n) is 13.2. The number of carboxylic acids is 1. The van der Waals surface area contributed by atoms with E-state index in [1.807, 2.05) is 30.3 Å². The molecule has 2 fully saturated rings. The van der Waals surface area contributed by atoms with E-state index in [9.17, 15) is 24.0 Å². The van der Waals surface area contributed by atoms with Gasteiger partial charge in [-0.05, 0) is 43.2 Å². The van der Waals surface area contributed by atoms with Gasteiger partial charge in [0.2, 0.25) is 5.91 Å². The summed E-state index contributed by atoms with van der Waals surface area (Å²) in [6.45, 7) is 0.857. The number of aryl methyl sites for hydroxylation is 1. The van der Waals surface area contributed by atoms with Gasteiger partial charge in [0, 0.05) is 32.0 Å². The Labute approximate surface area is 256 Å². The van der Waals surface area contributed by atoms with Gasteiger partial charge in [0.05, 0.1) is 22.3 Å². The quantitative estimate of drug-likeness (QED) is 0.334. The van der Waals surface area contributed by atoms with Crippen LogP contribution in [0.25, 0.3) is 0 Å². The smallest absolute Gasteiger partial charge is 0.349 e. The molecule has 0 aliphatic carbocycles. The van der Waals surface area contributed by atoms with Crippen molar-refractivity contribution in [1.29, 1.82) is 0 Å². The third-order valence-electron chi connectivity index (χ3n) is 7.08. The molecule has 3 aromatic rings. The van der Waals surface area contributed by atoms with Crippen LogP contribution in [-0.2, 0) is 16.6 Å². The number of anilines is 2. The second-order valence-electron chi connectivity index (χ2n) is 9.76. The number of nitrogens with zero attached hydrogens (tertiary/aromatic N) is 4. The number of carboxylic acid groups (broad SMARTS) is 1. The first-order valence-corrected chi connectivity index (χ1v) is 13.9. The Hall–Kier alpha value is -4.62. The van der Waals surface area contributed by atoms with Gasteiger partial charge in [-0.1, -0.05) is 47.5 Å². The minimum Gasteiger partial charge on any atom is -0.480 e. The van der Waals surface area contributed by atoms with E-state index in [4.69, 9.17) is 28.3 Å². The van der Waals surface area contributed by atoms with E-state index < -0.39 is 35.7 Å². The van der Waals surface area contributed by atoms with Crippen LogP contribution in [0.4, 0.5) is 16.3 Å². The molecule has 0 saturated carbocycles. The van der Waals surface area contributed by atoms with Gasteiger partial charge in [-0.25, -0.2) is 9.59 Å². The molecule has 0 atom stereocenters. The summed E-state index contributed by atoms with van der Waals surface area (Å²) in [7, 11) is 1.56. The Bertz CT molecular complexity index is 1560. The minimum absolute atomic E-state index is 0.0167. The molecule has 226 valence electrons. The van der Waals surface area contributed by atoms with Crippen LogP contribution in [0.15, 0.2) is 65.6 Å². The van der Waals surface area contributed by atoms with E-state index in [1.54, 1.807) is 30.1 Å². The zero-order valence-electron chi connectivity index (χ0n) is 23.0. The number of aliphatic carboxylic acids is 1. The first kappa shape index (κ1) is 31.3. The highest BCUT2D eigenvalue weighted by Crippen LogP contribution is 2.36. The van der Waals surface area contributed by atoms with Gasteiger partial charge in [-0.2, -0.15) is 4.98 Å². The number of aromatic nitrogens is 2. The Morgan fingerprint density at radius 1 is 1.00 bits per heavy atom. The average Bonchev–Trinajstić information content (AvgIpc) is 3.29. The lowest BCUT2D eigenvalue weighted by atomic mass is 9.85. The Balaban J connectivity index is 0.000000203. The van der Waals surface area contributed by atoms with Gasteiger partial charge in [0.15, 0.2) is 0 Å². The number of hydrogen-bond donors (Lipinski definition) is 4. The number of nitrogens with one attached hydrogen (secondary N) is 3. The van der Waals surface area contributed by atoms with Crippen LogP contribution in [0.3, 0.4) is 0 Å². The zero-order chi connectivity index (χ0) is 31.1. The number of hydrogen-bond acceptors (Lipinski definition) is 7. The molecule has 1 spiro atoms. The number of amides is 4. The lowest BCUT2D eigenvalue weighted by molar-refractivity contribution is -0.135. The minimum atomic E-state index is -1.08. The largest absolute Gasteiger partial charge is 0.480 e. The number of halogens is 2. The molecule has 0 unspecified atom stereocenters. The van der Waals surface area contributed by atoms with Crippen LogP contribution in [0.1, 0.15) is 23.2 Å². The van der Waals surface area contributed by atoms with Gasteiger partial charge in [-0.15, -0.1) is 0 Å². The molecule has 0 radical (unpaired) electrons. The van der Waals surface area contributed by atoms with Crippen molar-refractivity contribution >= 4 is 58.5 Å². The van der Waals surface area contributed by atoms with Crippen LogP contribution in [0.5, 0.6) is 0 Å². The molecule has 2 aromatic carbocycles. The molecule has 2 saturated heterocycles. The van der Waals surface area contributed by atoms with Gasteiger partial charge in [-0.3, -0.25) is 14.4 Å². The van der Waals surface area contributed by atoms with Crippen LogP contribution in [-0.4, -0.2) is 75.2 Å². The van der Waals surface area contributed by atoms with Crippen LogP contribution in [0.2, 0.25) is 10.0 Å². The fourth-order valence-corrected chi connectivity index (χ4v) is 5.37. The van der Waals surface area contributed by atoms with Crippen LogP contribution in [0, 0.1) is 0 Å². The summed E-state index contributed by atoms with van der Waals surface area (Å²) in [5.74, 6) is -1.47. The van der Waals surface area contributed by atoms with Crippen LogP contribution < -0.4 is 26.5 Å². The standard InChI is InChI=1S/C16H20N4O4.C12H9Cl2N3O2/c21-13(22)10-17-15(24)19-8-6-16(7-9-19)14(23)18-11-20(16)12-4-2-1-3-5-12;1-17-6-5-9(16-12(17)19)15-11(18)10-7(13)3-2-4-8(10)14/h1-5H,6-11H2,(H,17,24)(H,18,23)(H,21,22);2-6H,1H3,(H,15,16,18,19). The monoisotopic (exact) mass is 629 g/mol. The highest BCUT2D eigenvalue weighted by molar-refractivity contribution is 6.40. The van der Waals surface area contributed by atoms with Crippen molar-refractivity contribution in [2.24, 2.45) is 7.05 Å².